The number of carbonyl (C=O) groups excluding carboxylic acids is 2. The van der Waals surface area contributed by atoms with Gasteiger partial charge < -0.3 is 15.3 Å². The number of nitrogens with zero attached hydrogens (tertiary/aromatic N) is 1. The van der Waals surface area contributed by atoms with E-state index in [-0.39, 0.29) is 13.0 Å². The number of hydrogen-bond donors (Lipinski definition) is 3. The lowest BCUT2D eigenvalue weighted by molar-refractivity contribution is -0.791. The highest BCUT2D eigenvalue weighted by Crippen LogP contribution is 2.48. The van der Waals surface area contributed by atoms with Gasteiger partial charge in [0.15, 0.2) is 0 Å². The number of rotatable bonds is 10. The smallest absolute Gasteiger partial charge is 0.435 e. The predicted octanol–water partition coefficient (Wildman–Crippen LogP) is 4.19. The third-order valence-corrected chi connectivity index (χ3v) is 8.27. The van der Waals surface area contributed by atoms with Crippen LogP contribution in [0.25, 0.3) is 0 Å². The number of hydrogen-bond acceptors (Lipinski definition) is 4. The third-order valence-electron chi connectivity index (χ3n) is 6.19. The molecule has 1 saturated heterocycles. The molecule has 1 aliphatic rings. The molecule has 0 aliphatic carbocycles. The van der Waals surface area contributed by atoms with Crippen LogP contribution in [-0.4, -0.2) is 56.9 Å². The van der Waals surface area contributed by atoms with Crippen LogP contribution in [0, 0.1) is 0 Å². The Morgan fingerprint density at radius 3 is 2.42 bits per heavy atom. The first-order chi connectivity index (χ1) is 14.6. The zero-order chi connectivity index (χ0) is 23.1. The highest BCUT2D eigenvalue weighted by Gasteiger charge is 2.54. The Bertz CT molecular complexity index is 831. The molecule has 0 saturated carbocycles. The maximum atomic E-state index is 13.3. The number of nitrogens with one attached hydrogen (secondary N) is 1. The van der Waals surface area contributed by atoms with E-state index in [9.17, 15) is 28.9 Å². The van der Waals surface area contributed by atoms with Crippen LogP contribution < -0.4 is 5.32 Å². The highest BCUT2D eigenvalue weighted by molar-refractivity contribution is 7.59. The lowest BCUT2D eigenvalue weighted by Crippen LogP contribution is -2.59. The van der Waals surface area contributed by atoms with Crippen molar-refractivity contribution < 1.29 is 33.4 Å². The molecular weight excluding hydrogens is 419 g/mol. The lowest BCUT2D eigenvalue weighted by Gasteiger charge is -2.31. The van der Waals surface area contributed by atoms with E-state index < -0.39 is 47.7 Å². The fraction of sp³-hybridized carbons (Fsp3) is 0.591. The number of likely N-dealkylation sites (tertiary alicyclic amines) is 1. The number of carbonyl (C=O) groups is 3. The zero-order valence-electron chi connectivity index (χ0n) is 18.3. The van der Waals surface area contributed by atoms with E-state index in [0.717, 1.165) is 19.3 Å². The minimum atomic E-state index is -4.20. The molecule has 0 radical (unpaired) electrons. The van der Waals surface area contributed by atoms with Crippen molar-refractivity contribution in [1.29, 1.82) is 0 Å². The Morgan fingerprint density at radius 2 is 1.87 bits per heavy atom. The number of unbranched alkanes of at least 4 members (excludes halogenated alkanes) is 3. The molecule has 0 spiro atoms. The molecule has 0 bridgehead atoms. The summed E-state index contributed by atoms with van der Waals surface area (Å²) in [6, 6.07) is 7.92. The average Bonchev–Trinajstić information content (AvgIpc) is 3.13. The summed E-state index contributed by atoms with van der Waals surface area (Å²) >= 11 is 0. The van der Waals surface area contributed by atoms with Crippen LogP contribution in [0.4, 0.5) is 4.79 Å². The maximum absolute atomic E-state index is 13.3. The second-order valence-electron chi connectivity index (χ2n) is 8.38. The van der Waals surface area contributed by atoms with Gasteiger partial charge in [-0.2, -0.15) is 9.28 Å². The molecule has 1 aromatic rings. The van der Waals surface area contributed by atoms with E-state index in [1.165, 1.54) is 0 Å². The monoisotopic (exact) mass is 453 g/mol. The van der Waals surface area contributed by atoms with Gasteiger partial charge in [0.1, 0.15) is 18.0 Å². The molecule has 4 atom stereocenters. The Balaban J connectivity index is 2.21. The average molecular weight is 453 g/mol. The van der Waals surface area contributed by atoms with Gasteiger partial charge >= 0.3 is 12.0 Å². The summed E-state index contributed by atoms with van der Waals surface area (Å²) in [7, 11) is -4.20. The molecule has 0 aromatic heterocycles. The van der Waals surface area contributed by atoms with Crippen molar-refractivity contribution in [2.75, 3.05) is 12.7 Å². The van der Waals surface area contributed by atoms with Crippen LogP contribution in [0.1, 0.15) is 69.2 Å². The lowest BCUT2D eigenvalue weighted by atomic mass is 10.1. The number of amides is 3. The quantitative estimate of drug-likeness (QED) is 0.278. The van der Waals surface area contributed by atoms with Crippen molar-refractivity contribution in [3.05, 3.63) is 35.9 Å². The van der Waals surface area contributed by atoms with Gasteiger partial charge in [-0.1, -0.05) is 50.8 Å². The van der Waals surface area contributed by atoms with Gasteiger partial charge in [-0.15, -0.1) is 0 Å². The molecule has 1 heterocycles. The molecule has 9 heteroatoms. The summed E-state index contributed by atoms with van der Waals surface area (Å²) < 4.78 is 12.5. The number of quaternary nitrogens is 1. The van der Waals surface area contributed by atoms with E-state index in [1.54, 1.807) is 37.3 Å². The van der Waals surface area contributed by atoms with Gasteiger partial charge in [0.2, 0.25) is 7.37 Å². The van der Waals surface area contributed by atoms with Crippen molar-refractivity contribution in [3.8, 4) is 0 Å². The van der Waals surface area contributed by atoms with Gasteiger partial charge in [0, 0.05) is 18.4 Å². The van der Waals surface area contributed by atoms with E-state index in [1.807, 2.05) is 0 Å². The van der Waals surface area contributed by atoms with Gasteiger partial charge in [-0.05, 0) is 25.5 Å². The highest BCUT2D eigenvalue weighted by atomic mass is 31.2. The second-order valence-corrected chi connectivity index (χ2v) is 10.8. The van der Waals surface area contributed by atoms with Crippen molar-refractivity contribution in [2.45, 2.75) is 70.6 Å². The molecule has 3 amide bonds. The number of carboxylic acid groups (broad SMARTS) is 1. The van der Waals surface area contributed by atoms with E-state index >= 15 is 0 Å². The van der Waals surface area contributed by atoms with Gasteiger partial charge in [-0.3, -0.25) is 9.36 Å². The molecule has 1 aromatic carbocycles. The summed E-state index contributed by atoms with van der Waals surface area (Å²) in [6.45, 7) is 3.85. The molecule has 3 unspecified atom stereocenters. The third kappa shape index (κ3) is 6.03. The Hall–Kier alpha value is -2.02. The van der Waals surface area contributed by atoms with Crippen LogP contribution in [0.15, 0.2) is 30.3 Å². The molecule has 172 valence electrons. The zero-order valence-corrected chi connectivity index (χ0v) is 19.2. The van der Waals surface area contributed by atoms with E-state index in [4.69, 9.17) is 0 Å². The van der Waals surface area contributed by atoms with Crippen LogP contribution in [0.3, 0.4) is 0 Å². The summed E-state index contributed by atoms with van der Waals surface area (Å²) in [5.41, 5.74) is 0.356. The molecule has 3 N–H and O–H groups in total. The molecule has 8 nitrogen and oxygen atoms in total. The number of benzene rings is 1. The molecule has 1 fully saturated rings. The van der Waals surface area contributed by atoms with Crippen molar-refractivity contribution >= 4 is 25.3 Å². The first kappa shape index (κ1) is 25.2. The Morgan fingerprint density at radius 1 is 1.19 bits per heavy atom. The van der Waals surface area contributed by atoms with Gasteiger partial charge in [-0.25, -0.2) is 4.79 Å². The van der Waals surface area contributed by atoms with E-state index in [0.29, 0.717) is 24.8 Å². The molecular formula is C22H34N2O6P+. The second kappa shape index (κ2) is 11.0. The summed E-state index contributed by atoms with van der Waals surface area (Å²) in [4.78, 5) is 48.5. The van der Waals surface area contributed by atoms with Crippen molar-refractivity contribution in [2.24, 2.45) is 0 Å². The minimum Gasteiger partial charge on any atom is -0.435 e. The molecule has 2 rings (SSSR count). The first-order valence-electron chi connectivity index (χ1n) is 11.0. The fourth-order valence-electron chi connectivity index (χ4n) is 4.23. The fourth-order valence-corrected chi connectivity index (χ4v) is 6.00. The molecule has 31 heavy (non-hydrogen) atoms. The summed E-state index contributed by atoms with van der Waals surface area (Å²) in [5, 5.41) is 12.4. The van der Waals surface area contributed by atoms with Crippen LogP contribution in [0.5, 0.6) is 0 Å². The predicted molar refractivity (Wildman–Crippen MR) is 118 cm³/mol. The van der Waals surface area contributed by atoms with Crippen LogP contribution in [0.2, 0.25) is 0 Å². The standard InChI is InChI=1S/C22H33N2O6P/c1-3-4-5-9-14-19(23-21(26)18-12-7-6-8-13-18)31(29,30)16-20(25)24(22(27)28)15-10-11-17(24)2/h6-8,12-13,17,19H,3-5,9-11,14-16H2,1-2H3,(H2-,23,26,27,28,29,30)/p+1/t17-,19?,24?/m1/s1. The summed E-state index contributed by atoms with van der Waals surface area (Å²) in [5.74, 6) is -2.36. The van der Waals surface area contributed by atoms with Crippen molar-refractivity contribution in [3.63, 3.8) is 0 Å². The Kier molecular flexibility index (Phi) is 8.98. The van der Waals surface area contributed by atoms with Crippen LogP contribution >= 0.6 is 7.37 Å². The van der Waals surface area contributed by atoms with E-state index in [2.05, 4.69) is 12.2 Å². The van der Waals surface area contributed by atoms with Gasteiger partial charge in [0.25, 0.3) is 5.91 Å². The Labute approximate surface area is 183 Å². The molecule has 1 aliphatic heterocycles. The largest absolute Gasteiger partial charge is 0.521 e. The van der Waals surface area contributed by atoms with Crippen molar-refractivity contribution in [1.82, 2.24) is 5.32 Å². The summed E-state index contributed by atoms with van der Waals surface area (Å²) in [6.07, 6.45) is 2.76. The first-order valence-corrected chi connectivity index (χ1v) is 12.9. The van der Waals surface area contributed by atoms with Crippen LogP contribution in [-0.2, 0) is 9.36 Å². The maximum Gasteiger partial charge on any atom is 0.521 e. The minimum absolute atomic E-state index is 0.118. The number of imide groups is 1. The van der Waals surface area contributed by atoms with Gasteiger partial charge in [0.05, 0.1) is 6.54 Å². The SMILES string of the molecule is CCCCCCC(NC(=O)c1ccccc1)P(=O)(O)CC(=O)[N+]1(C(=O)O)CCC[C@H]1C. The normalized spacial score (nSPS) is 23.6. The topological polar surface area (TPSA) is 121 Å².